The zero-order valence-corrected chi connectivity index (χ0v) is 17.4. The van der Waals surface area contributed by atoms with Gasteiger partial charge in [0.25, 0.3) is 0 Å². The van der Waals surface area contributed by atoms with Gasteiger partial charge in [0, 0.05) is 0 Å². The van der Waals surface area contributed by atoms with Gasteiger partial charge in [0.05, 0.1) is 0 Å². The Labute approximate surface area is 155 Å². The molecule has 0 aliphatic carbocycles. The molecule has 0 spiro atoms. The van der Waals surface area contributed by atoms with Crippen molar-refractivity contribution in [3.8, 4) is 0 Å². The van der Waals surface area contributed by atoms with Gasteiger partial charge in [0.1, 0.15) is 0 Å². The van der Waals surface area contributed by atoms with E-state index in [0.717, 1.165) is 5.92 Å². The first-order valence-corrected chi connectivity index (χ1v) is 11.6. The van der Waals surface area contributed by atoms with Gasteiger partial charge in [-0.1, -0.05) is 149 Å². The van der Waals surface area contributed by atoms with Crippen LogP contribution in [0, 0.1) is 12.8 Å². The molecule has 0 amide bonds. The molecule has 0 heteroatoms. The molecule has 0 aromatic rings. The van der Waals surface area contributed by atoms with E-state index in [9.17, 15) is 0 Å². The van der Waals surface area contributed by atoms with Crippen LogP contribution in [0.1, 0.15) is 142 Å². The van der Waals surface area contributed by atoms with Crippen molar-refractivity contribution in [2.75, 3.05) is 0 Å². The highest BCUT2D eigenvalue weighted by molar-refractivity contribution is 4.62. The van der Waals surface area contributed by atoms with E-state index in [1.54, 1.807) is 0 Å². The van der Waals surface area contributed by atoms with Gasteiger partial charge in [0.2, 0.25) is 0 Å². The standard InChI is InChI=1S/C24H49/c1-4-6-8-10-11-12-13-14-15-16-17-18-19-21-23-24(3)22-20-9-7-5-2/h24H,3-23H2,1-2H3. The summed E-state index contributed by atoms with van der Waals surface area (Å²) in [5.74, 6) is 0.721. The summed E-state index contributed by atoms with van der Waals surface area (Å²) in [6.07, 6.45) is 28.7. The highest BCUT2D eigenvalue weighted by Gasteiger charge is 2.02. The third kappa shape index (κ3) is 20.0. The van der Waals surface area contributed by atoms with Crippen molar-refractivity contribution >= 4 is 0 Å². The van der Waals surface area contributed by atoms with E-state index in [1.165, 1.54) is 128 Å². The Kier molecular flexibility index (Phi) is 21.0. The van der Waals surface area contributed by atoms with Crippen LogP contribution in [0.3, 0.4) is 0 Å². The van der Waals surface area contributed by atoms with Crippen LogP contribution in [0.15, 0.2) is 0 Å². The summed E-state index contributed by atoms with van der Waals surface area (Å²) in [7, 11) is 0. The predicted molar refractivity (Wildman–Crippen MR) is 113 cm³/mol. The minimum atomic E-state index is 0.721. The molecule has 0 nitrogen and oxygen atoms in total. The van der Waals surface area contributed by atoms with E-state index in [2.05, 4.69) is 20.8 Å². The molecule has 0 saturated heterocycles. The highest BCUT2D eigenvalue weighted by Crippen LogP contribution is 2.18. The van der Waals surface area contributed by atoms with Crippen LogP contribution in [0.25, 0.3) is 0 Å². The second-order valence-electron chi connectivity index (χ2n) is 8.10. The zero-order valence-electron chi connectivity index (χ0n) is 17.4. The lowest BCUT2D eigenvalue weighted by Gasteiger charge is -2.10. The van der Waals surface area contributed by atoms with Gasteiger partial charge < -0.3 is 0 Å². The average molecular weight is 338 g/mol. The largest absolute Gasteiger partial charge is 0.0654 e. The number of unbranched alkanes of at least 4 members (excludes halogenated alkanes) is 16. The number of hydrogen-bond donors (Lipinski definition) is 0. The van der Waals surface area contributed by atoms with E-state index in [4.69, 9.17) is 0 Å². The summed E-state index contributed by atoms with van der Waals surface area (Å²) in [6, 6.07) is 0. The highest BCUT2D eigenvalue weighted by atomic mass is 14.1. The lowest BCUT2D eigenvalue weighted by atomic mass is 9.96. The minimum absolute atomic E-state index is 0.721. The summed E-state index contributed by atoms with van der Waals surface area (Å²) >= 11 is 0. The Morgan fingerprint density at radius 1 is 0.417 bits per heavy atom. The molecule has 0 aromatic heterocycles. The smallest absolute Gasteiger partial charge is 0.0414 e. The molecular formula is C24H49. The molecule has 145 valence electrons. The summed E-state index contributed by atoms with van der Waals surface area (Å²) < 4.78 is 0. The topological polar surface area (TPSA) is 0 Å². The van der Waals surface area contributed by atoms with Crippen LogP contribution in [-0.4, -0.2) is 0 Å². The maximum atomic E-state index is 4.33. The number of hydrogen-bond acceptors (Lipinski definition) is 0. The molecular weight excluding hydrogens is 288 g/mol. The molecule has 1 atom stereocenters. The molecule has 1 radical (unpaired) electrons. The van der Waals surface area contributed by atoms with Crippen LogP contribution in [0.5, 0.6) is 0 Å². The molecule has 0 rings (SSSR count). The lowest BCUT2D eigenvalue weighted by molar-refractivity contribution is 0.464. The van der Waals surface area contributed by atoms with E-state index >= 15 is 0 Å². The Balaban J connectivity index is 3.06. The Hall–Kier alpha value is 0. The summed E-state index contributed by atoms with van der Waals surface area (Å²) in [5, 5.41) is 0. The van der Waals surface area contributed by atoms with E-state index in [0.29, 0.717) is 0 Å². The van der Waals surface area contributed by atoms with E-state index < -0.39 is 0 Å². The molecule has 0 aromatic carbocycles. The van der Waals surface area contributed by atoms with Crippen molar-refractivity contribution in [1.29, 1.82) is 0 Å². The van der Waals surface area contributed by atoms with Crippen LogP contribution < -0.4 is 0 Å². The van der Waals surface area contributed by atoms with Gasteiger partial charge in [-0.05, 0) is 5.92 Å². The van der Waals surface area contributed by atoms with Crippen molar-refractivity contribution < 1.29 is 0 Å². The summed E-state index contributed by atoms with van der Waals surface area (Å²) in [6.45, 7) is 8.92. The first-order valence-electron chi connectivity index (χ1n) is 11.6. The summed E-state index contributed by atoms with van der Waals surface area (Å²) in [4.78, 5) is 0. The maximum absolute atomic E-state index is 4.33. The first kappa shape index (κ1) is 24.0. The molecule has 0 N–H and O–H groups in total. The van der Waals surface area contributed by atoms with Crippen molar-refractivity contribution in [2.24, 2.45) is 5.92 Å². The van der Waals surface area contributed by atoms with Gasteiger partial charge in [-0.15, -0.1) is 0 Å². The molecule has 24 heavy (non-hydrogen) atoms. The van der Waals surface area contributed by atoms with Gasteiger partial charge in [-0.25, -0.2) is 0 Å². The first-order chi connectivity index (χ1) is 11.8. The molecule has 0 bridgehead atoms. The van der Waals surface area contributed by atoms with Crippen molar-refractivity contribution in [3.63, 3.8) is 0 Å². The molecule has 0 heterocycles. The van der Waals surface area contributed by atoms with Crippen LogP contribution in [0.4, 0.5) is 0 Å². The average Bonchev–Trinajstić information content (AvgIpc) is 2.59. The fourth-order valence-corrected chi connectivity index (χ4v) is 3.63. The second kappa shape index (κ2) is 21.0. The normalized spacial score (nSPS) is 12.6. The monoisotopic (exact) mass is 337 g/mol. The van der Waals surface area contributed by atoms with Gasteiger partial charge in [-0.2, -0.15) is 0 Å². The molecule has 0 fully saturated rings. The van der Waals surface area contributed by atoms with Crippen LogP contribution >= 0.6 is 0 Å². The third-order valence-electron chi connectivity index (χ3n) is 5.43. The SMILES string of the molecule is [CH2]C(CCCCCC)CCCCCCCCCCCCCCCC. The Morgan fingerprint density at radius 3 is 1.00 bits per heavy atom. The van der Waals surface area contributed by atoms with E-state index in [-0.39, 0.29) is 0 Å². The molecule has 0 aliphatic rings. The van der Waals surface area contributed by atoms with Gasteiger partial charge >= 0.3 is 0 Å². The summed E-state index contributed by atoms with van der Waals surface area (Å²) in [5.41, 5.74) is 0. The fourth-order valence-electron chi connectivity index (χ4n) is 3.63. The third-order valence-corrected chi connectivity index (χ3v) is 5.43. The molecule has 1 unspecified atom stereocenters. The van der Waals surface area contributed by atoms with Crippen LogP contribution in [0.2, 0.25) is 0 Å². The Morgan fingerprint density at radius 2 is 0.667 bits per heavy atom. The molecule has 0 saturated carbocycles. The van der Waals surface area contributed by atoms with Crippen molar-refractivity contribution in [2.45, 2.75) is 142 Å². The second-order valence-corrected chi connectivity index (χ2v) is 8.10. The molecule has 0 aliphatic heterocycles. The lowest BCUT2D eigenvalue weighted by Crippen LogP contribution is -1.95. The van der Waals surface area contributed by atoms with Gasteiger partial charge in [0.15, 0.2) is 0 Å². The zero-order chi connectivity index (χ0) is 17.7. The minimum Gasteiger partial charge on any atom is -0.0654 e. The van der Waals surface area contributed by atoms with Crippen LogP contribution in [-0.2, 0) is 0 Å². The quantitative estimate of drug-likeness (QED) is 0.194. The van der Waals surface area contributed by atoms with Crippen molar-refractivity contribution in [3.05, 3.63) is 6.92 Å². The predicted octanol–water partition coefficient (Wildman–Crippen LogP) is 9.28. The Bertz CT molecular complexity index is 208. The van der Waals surface area contributed by atoms with Gasteiger partial charge in [-0.3, -0.25) is 0 Å². The van der Waals surface area contributed by atoms with Crippen molar-refractivity contribution in [1.82, 2.24) is 0 Å². The van der Waals surface area contributed by atoms with E-state index in [1.807, 2.05) is 0 Å². The number of rotatable bonds is 20. The maximum Gasteiger partial charge on any atom is -0.0414 e. The fraction of sp³-hybridized carbons (Fsp3) is 0.958.